The summed E-state index contributed by atoms with van der Waals surface area (Å²) in [5, 5.41) is 13.5. The fraction of sp³-hybridized carbons (Fsp3) is 0. The predicted molar refractivity (Wildman–Crippen MR) is 75.1 cm³/mol. The van der Waals surface area contributed by atoms with Crippen molar-refractivity contribution in [3.05, 3.63) is 40.4 Å². The smallest absolute Gasteiger partial charge is 0.258 e. The van der Waals surface area contributed by atoms with Gasteiger partial charge in [0.15, 0.2) is 0 Å². The molecule has 7 heteroatoms. The molecule has 0 bridgehead atoms. The molecular formula is C12H7IN4O2. The van der Waals surface area contributed by atoms with Crippen LogP contribution in [-0.2, 0) is 0 Å². The minimum atomic E-state index is 0.180. The van der Waals surface area contributed by atoms with Crippen LogP contribution in [-0.4, -0.2) is 25.2 Å². The molecule has 0 spiro atoms. The second-order valence-corrected chi connectivity index (χ2v) is 4.85. The van der Waals surface area contributed by atoms with Gasteiger partial charge in [-0.1, -0.05) is 5.16 Å². The van der Waals surface area contributed by atoms with Crippen molar-refractivity contribution in [3.63, 3.8) is 0 Å². The van der Waals surface area contributed by atoms with Crippen LogP contribution in [0.3, 0.4) is 0 Å². The average Bonchev–Trinajstić information content (AvgIpc) is 2.93. The first-order valence-electron chi connectivity index (χ1n) is 5.33. The van der Waals surface area contributed by atoms with E-state index in [0.29, 0.717) is 23.0 Å². The summed E-state index contributed by atoms with van der Waals surface area (Å²) in [4.78, 5) is 12.1. The van der Waals surface area contributed by atoms with Crippen LogP contribution >= 0.6 is 22.6 Å². The molecule has 1 aromatic carbocycles. The fourth-order valence-electron chi connectivity index (χ4n) is 1.51. The highest BCUT2D eigenvalue weighted by molar-refractivity contribution is 14.1. The zero-order chi connectivity index (χ0) is 13.2. The van der Waals surface area contributed by atoms with Gasteiger partial charge >= 0.3 is 0 Å². The van der Waals surface area contributed by atoms with Crippen molar-refractivity contribution < 1.29 is 9.63 Å². The van der Waals surface area contributed by atoms with Crippen molar-refractivity contribution in [1.29, 1.82) is 0 Å². The fourth-order valence-corrected chi connectivity index (χ4v) is 1.85. The van der Waals surface area contributed by atoms with Gasteiger partial charge in [0.25, 0.3) is 5.89 Å². The third-order valence-corrected chi connectivity index (χ3v) is 3.34. The van der Waals surface area contributed by atoms with E-state index in [-0.39, 0.29) is 5.75 Å². The van der Waals surface area contributed by atoms with Crippen LogP contribution in [0.4, 0.5) is 0 Å². The Morgan fingerprint density at radius 3 is 2.84 bits per heavy atom. The van der Waals surface area contributed by atoms with E-state index in [9.17, 15) is 5.11 Å². The second-order valence-electron chi connectivity index (χ2n) is 3.68. The van der Waals surface area contributed by atoms with Crippen LogP contribution < -0.4 is 0 Å². The molecule has 3 rings (SSSR count). The third kappa shape index (κ3) is 2.41. The SMILES string of the molecule is Oc1cc(-c2nc(-c3ccncn3)no2)ccc1I. The monoisotopic (exact) mass is 366 g/mol. The molecule has 0 atom stereocenters. The lowest BCUT2D eigenvalue weighted by atomic mass is 10.2. The lowest BCUT2D eigenvalue weighted by Crippen LogP contribution is -1.86. The third-order valence-electron chi connectivity index (χ3n) is 2.43. The molecule has 19 heavy (non-hydrogen) atoms. The van der Waals surface area contributed by atoms with Crippen molar-refractivity contribution in [2.75, 3.05) is 0 Å². The van der Waals surface area contributed by atoms with Crippen LogP contribution in [0.15, 0.2) is 41.3 Å². The van der Waals surface area contributed by atoms with E-state index in [2.05, 4.69) is 20.1 Å². The van der Waals surface area contributed by atoms with E-state index in [4.69, 9.17) is 4.52 Å². The molecule has 0 amide bonds. The molecule has 3 aromatic rings. The van der Waals surface area contributed by atoms with Gasteiger partial charge in [0.2, 0.25) is 5.82 Å². The Hall–Kier alpha value is -2.03. The van der Waals surface area contributed by atoms with E-state index in [0.717, 1.165) is 3.57 Å². The highest BCUT2D eigenvalue weighted by atomic mass is 127. The zero-order valence-corrected chi connectivity index (χ0v) is 11.6. The summed E-state index contributed by atoms with van der Waals surface area (Å²) in [6.45, 7) is 0. The van der Waals surface area contributed by atoms with E-state index >= 15 is 0 Å². The number of halogens is 1. The normalized spacial score (nSPS) is 10.6. The van der Waals surface area contributed by atoms with Crippen LogP contribution in [0.2, 0.25) is 0 Å². The molecule has 0 fully saturated rings. The lowest BCUT2D eigenvalue weighted by Gasteiger charge is -1.98. The highest BCUT2D eigenvalue weighted by Crippen LogP contribution is 2.27. The van der Waals surface area contributed by atoms with Gasteiger partial charge in [0.05, 0.1) is 3.57 Å². The number of hydrogen-bond acceptors (Lipinski definition) is 6. The minimum Gasteiger partial charge on any atom is -0.507 e. The van der Waals surface area contributed by atoms with Gasteiger partial charge in [-0.05, 0) is 46.9 Å². The molecule has 2 aromatic heterocycles. The lowest BCUT2D eigenvalue weighted by molar-refractivity contribution is 0.431. The number of benzene rings is 1. The molecule has 0 radical (unpaired) electrons. The van der Waals surface area contributed by atoms with Crippen molar-refractivity contribution >= 4 is 22.6 Å². The van der Waals surface area contributed by atoms with Crippen LogP contribution in [0.5, 0.6) is 5.75 Å². The van der Waals surface area contributed by atoms with Crippen molar-refractivity contribution in [1.82, 2.24) is 20.1 Å². The Bertz CT molecular complexity index is 715. The number of aromatic nitrogens is 4. The van der Waals surface area contributed by atoms with Gasteiger partial charge in [-0.25, -0.2) is 9.97 Å². The number of rotatable bonds is 2. The standard InChI is InChI=1S/C12H7IN4O2/c13-8-2-1-7(5-10(8)18)12-16-11(17-19-12)9-3-4-14-6-15-9/h1-6,18H. The molecule has 0 aliphatic carbocycles. The maximum atomic E-state index is 9.67. The quantitative estimate of drug-likeness (QED) is 0.702. The maximum absolute atomic E-state index is 9.67. The second kappa shape index (κ2) is 4.92. The van der Waals surface area contributed by atoms with E-state index in [1.807, 2.05) is 22.6 Å². The number of hydrogen-bond donors (Lipinski definition) is 1. The number of nitrogens with zero attached hydrogens (tertiary/aromatic N) is 4. The molecular weight excluding hydrogens is 359 g/mol. The summed E-state index contributed by atoms with van der Waals surface area (Å²) in [6, 6.07) is 6.86. The highest BCUT2D eigenvalue weighted by Gasteiger charge is 2.12. The molecule has 2 heterocycles. The first-order valence-corrected chi connectivity index (χ1v) is 6.41. The van der Waals surface area contributed by atoms with E-state index < -0.39 is 0 Å². The topological polar surface area (TPSA) is 84.9 Å². The van der Waals surface area contributed by atoms with Crippen molar-refractivity contribution in [3.8, 4) is 28.7 Å². The van der Waals surface area contributed by atoms with E-state index in [1.54, 1.807) is 30.5 Å². The van der Waals surface area contributed by atoms with Crippen LogP contribution in [0.1, 0.15) is 0 Å². The Kier molecular flexibility index (Phi) is 3.11. The first-order chi connectivity index (χ1) is 9.24. The van der Waals surface area contributed by atoms with Gasteiger partial charge in [0, 0.05) is 11.8 Å². The van der Waals surface area contributed by atoms with Gasteiger partial charge in [-0.15, -0.1) is 0 Å². The molecule has 0 saturated carbocycles. The summed E-state index contributed by atoms with van der Waals surface area (Å²) in [5.74, 6) is 0.899. The molecule has 0 aliphatic heterocycles. The summed E-state index contributed by atoms with van der Waals surface area (Å²) in [5.41, 5.74) is 1.24. The summed E-state index contributed by atoms with van der Waals surface area (Å²) >= 11 is 2.04. The Morgan fingerprint density at radius 1 is 1.21 bits per heavy atom. The summed E-state index contributed by atoms with van der Waals surface area (Å²) in [6.07, 6.45) is 3.02. The molecule has 0 saturated heterocycles. The summed E-state index contributed by atoms with van der Waals surface area (Å²) < 4.78 is 5.93. The van der Waals surface area contributed by atoms with Crippen LogP contribution in [0.25, 0.3) is 23.0 Å². The molecule has 0 aliphatic rings. The number of phenolic OH excluding ortho intramolecular Hbond substituents is 1. The van der Waals surface area contributed by atoms with Gasteiger partial charge in [0.1, 0.15) is 17.8 Å². The van der Waals surface area contributed by atoms with Crippen molar-refractivity contribution in [2.45, 2.75) is 0 Å². The minimum absolute atomic E-state index is 0.180. The van der Waals surface area contributed by atoms with E-state index in [1.165, 1.54) is 6.33 Å². The van der Waals surface area contributed by atoms with Gasteiger partial charge in [-0.2, -0.15) is 4.98 Å². The Balaban J connectivity index is 1.99. The Morgan fingerprint density at radius 2 is 2.11 bits per heavy atom. The van der Waals surface area contributed by atoms with Crippen LogP contribution in [0, 0.1) is 3.57 Å². The number of aromatic hydroxyl groups is 1. The molecule has 1 N–H and O–H groups in total. The maximum Gasteiger partial charge on any atom is 0.258 e. The first kappa shape index (κ1) is 12.0. The Labute approximate surface area is 121 Å². The zero-order valence-electron chi connectivity index (χ0n) is 9.49. The number of phenols is 1. The summed E-state index contributed by atoms with van der Waals surface area (Å²) in [7, 11) is 0. The predicted octanol–water partition coefficient (Wildman–Crippen LogP) is 2.50. The molecule has 0 unspecified atom stereocenters. The molecule has 6 nitrogen and oxygen atoms in total. The largest absolute Gasteiger partial charge is 0.507 e. The van der Waals surface area contributed by atoms with Crippen molar-refractivity contribution in [2.24, 2.45) is 0 Å². The molecule has 94 valence electrons. The van der Waals surface area contributed by atoms with Gasteiger partial charge in [-0.3, -0.25) is 0 Å². The average molecular weight is 366 g/mol. The van der Waals surface area contributed by atoms with Gasteiger partial charge < -0.3 is 9.63 Å².